The molecule has 0 aliphatic rings. The minimum absolute atomic E-state index is 0.103. The number of hydrogen-bond donors (Lipinski definition) is 0. The number of carbonyl (C=O) groups is 3. The van der Waals surface area contributed by atoms with Gasteiger partial charge in [0.05, 0.1) is 6.61 Å². The quantitative estimate of drug-likeness (QED) is 0.455. The molecule has 0 aromatic carbocycles. The van der Waals surface area contributed by atoms with Crippen molar-refractivity contribution in [2.24, 2.45) is 0 Å². The van der Waals surface area contributed by atoms with E-state index in [4.69, 9.17) is 0 Å². The molecule has 0 radical (unpaired) electrons. The van der Waals surface area contributed by atoms with Crippen LogP contribution in [-0.2, 0) is 19.1 Å². The van der Waals surface area contributed by atoms with Crippen LogP contribution in [0.1, 0.15) is 20.3 Å². The first-order valence-corrected chi connectivity index (χ1v) is 4.65. The van der Waals surface area contributed by atoms with Crippen molar-refractivity contribution in [3.05, 3.63) is 0 Å². The molecule has 0 heterocycles. The molecule has 0 saturated heterocycles. The Balaban J connectivity index is 0. The van der Waals surface area contributed by atoms with Crippen molar-refractivity contribution < 1.29 is 45.5 Å². The van der Waals surface area contributed by atoms with E-state index in [1.54, 1.807) is 6.92 Å². The first-order chi connectivity index (χ1) is 8.32. The standard InChI is InChI=1S/C6H10O3.C3F6O/c1-3-9-6(8)4-5(2)7;4-2(5,6)1(10)3(7,8)9/h3-4H2,1-2H3;. The van der Waals surface area contributed by atoms with E-state index in [0.29, 0.717) is 6.61 Å². The van der Waals surface area contributed by atoms with E-state index in [1.807, 2.05) is 0 Å². The molecule has 112 valence electrons. The van der Waals surface area contributed by atoms with E-state index < -0.39 is 24.1 Å². The van der Waals surface area contributed by atoms with Crippen molar-refractivity contribution in [1.82, 2.24) is 0 Å². The van der Waals surface area contributed by atoms with Gasteiger partial charge in [-0.1, -0.05) is 0 Å². The van der Waals surface area contributed by atoms with E-state index >= 15 is 0 Å². The number of alkyl halides is 6. The van der Waals surface area contributed by atoms with E-state index in [-0.39, 0.29) is 12.2 Å². The predicted octanol–water partition coefficient (Wildman–Crippen LogP) is 2.21. The monoisotopic (exact) mass is 296 g/mol. The van der Waals surface area contributed by atoms with Crippen molar-refractivity contribution in [2.75, 3.05) is 6.61 Å². The van der Waals surface area contributed by atoms with Gasteiger partial charge in [-0.25, -0.2) is 0 Å². The molecule has 0 fully saturated rings. The summed E-state index contributed by atoms with van der Waals surface area (Å²) in [6.07, 6.45) is -11.7. The van der Waals surface area contributed by atoms with Gasteiger partial charge in [0.1, 0.15) is 12.2 Å². The number of carbonyl (C=O) groups excluding carboxylic acids is 3. The van der Waals surface area contributed by atoms with Crippen LogP contribution in [0.5, 0.6) is 0 Å². The highest BCUT2D eigenvalue weighted by atomic mass is 19.4. The van der Waals surface area contributed by atoms with Crippen LogP contribution in [0.15, 0.2) is 0 Å². The van der Waals surface area contributed by atoms with Gasteiger partial charge < -0.3 is 4.74 Å². The third kappa shape index (κ3) is 11.2. The Bertz CT molecular complexity index is 315. The lowest BCUT2D eigenvalue weighted by molar-refractivity contribution is -0.217. The summed E-state index contributed by atoms with van der Waals surface area (Å²) >= 11 is 0. The van der Waals surface area contributed by atoms with Crippen molar-refractivity contribution in [3.63, 3.8) is 0 Å². The van der Waals surface area contributed by atoms with Crippen LogP contribution in [0.2, 0.25) is 0 Å². The fourth-order valence-electron chi connectivity index (χ4n) is 0.576. The van der Waals surface area contributed by atoms with E-state index in [1.165, 1.54) is 6.92 Å². The summed E-state index contributed by atoms with van der Waals surface area (Å²) in [5, 5.41) is 0. The molecule has 0 bridgehead atoms. The Hall–Kier alpha value is -1.61. The van der Waals surface area contributed by atoms with Crippen LogP contribution in [0, 0.1) is 0 Å². The average Bonchev–Trinajstić information content (AvgIpc) is 2.13. The molecule has 0 N–H and O–H groups in total. The largest absolute Gasteiger partial charge is 0.466 e. The minimum atomic E-state index is -5.82. The Morgan fingerprint density at radius 3 is 1.47 bits per heavy atom. The molecule has 0 unspecified atom stereocenters. The molecule has 10 heteroatoms. The Morgan fingerprint density at radius 2 is 1.32 bits per heavy atom. The van der Waals surface area contributed by atoms with Crippen LogP contribution >= 0.6 is 0 Å². The smallest absolute Gasteiger partial charge is 0.459 e. The normalized spacial score (nSPS) is 11.2. The second-order valence-electron chi connectivity index (χ2n) is 3.01. The Labute approximate surface area is 103 Å². The number of rotatable bonds is 3. The van der Waals surface area contributed by atoms with Gasteiger partial charge in [-0.15, -0.1) is 0 Å². The maximum absolute atomic E-state index is 10.9. The van der Waals surface area contributed by atoms with E-state index in [9.17, 15) is 40.7 Å². The van der Waals surface area contributed by atoms with E-state index in [2.05, 4.69) is 4.74 Å². The first kappa shape index (κ1) is 19.7. The van der Waals surface area contributed by atoms with Crippen molar-refractivity contribution in [2.45, 2.75) is 32.6 Å². The molecule has 4 nitrogen and oxygen atoms in total. The summed E-state index contributed by atoms with van der Waals surface area (Å²) in [4.78, 5) is 29.9. The number of ketones is 2. The molecule has 0 aliphatic heterocycles. The van der Waals surface area contributed by atoms with Crippen molar-refractivity contribution in [3.8, 4) is 0 Å². The topological polar surface area (TPSA) is 60.4 Å². The van der Waals surface area contributed by atoms with E-state index in [0.717, 1.165) is 0 Å². The number of esters is 1. The highest BCUT2D eigenvalue weighted by Gasteiger charge is 2.55. The summed E-state index contributed by atoms with van der Waals surface area (Å²) in [6, 6.07) is 0. The minimum Gasteiger partial charge on any atom is -0.466 e. The zero-order valence-electron chi connectivity index (χ0n) is 9.81. The molecule has 0 rings (SSSR count). The van der Waals surface area contributed by atoms with Gasteiger partial charge in [0.25, 0.3) is 0 Å². The number of ether oxygens (including phenoxy) is 1. The molecule has 0 spiro atoms. The van der Waals surface area contributed by atoms with Crippen LogP contribution in [-0.4, -0.2) is 36.5 Å². The number of halogens is 6. The van der Waals surface area contributed by atoms with Crippen LogP contribution in [0.25, 0.3) is 0 Å². The molecule has 0 atom stereocenters. The molecular weight excluding hydrogens is 286 g/mol. The molecule has 0 aliphatic carbocycles. The molecule has 0 aromatic rings. The fraction of sp³-hybridized carbons (Fsp3) is 0.667. The number of hydrogen-bond acceptors (Lipinski definition) is 4. The fourth-order valence-corrected chi connectivity index (χ4v) is 0.576. The Kier molecular flexibility index (Phi) is 8.04. The van der Waals surface area contributed by atoms with Crippen LogP contribution in [0.3, 0.4) is 0 Å². The number of Topliss-reactive ketones (excluding diaryl/α,β-unsaturated/α-hetero) is 2. The van der Waals surface area contributed by atoms with Gasteiger partial charge in [-0.2, -0.15) is 26.3 Å². The third-order valence-corrected chi connectivity index (χ3v) is 1.21. The van der Waals surface area contributed by atoms with Gasteiger partial charge in [-0.3, -0.25) is 14.4 Å². The zero-order chi connectivity index (χ0) is 15.9. The zero-order valence-corrected chi connectivity index (χ0v) is 9.81. The van der Waals surface area contributed by atoms with Crippen LogP contribution < -0.4 is 0 Å². The summed E-state index contributed by atoms with van der Waals surface area (Å²) in [5.74, 6) is -4.28. The summed E-state index contributed by atoms with van der Waals surface area (Å²) in [5.41, 5.74) is 0. The van der Waals surface area contributed by atoms with Gasteiger partial charge >= 0.3 is 24.1 Å². The average molecular weight is 296 g/mol. The second kappa shape index (κ2) is 7.74. The van der Waals surface area contributed by atoms with Gasteiger partial charge in [0.15, 0.2) is 0 Å². The third-order valence-electron chi connectivity index (χ3n) is 1.21. The van der Waals surface area contributed by atoms with Gasteiger partial charge in [0, 0.05) is 0 Å². The molecule has 0 amide bonds. The lowest BCUT2D eigenvalue weighted by Gasteiger charge is -2.06. The summed E-state index contributed by atoms with van der Waals surface area (Å²) in [6.45, 7) is 3.40. The summed E-state index contributed by atoms with van der Waals surface area (Å²) in [7, 11) is 0. The Morgan fingerprint density at radius 1 is 0.947 bits per heavy atom. The molecule has 0 aromatic heterocycles. The van der Waals surface area contributed by atoms with Gasteiger partial charge in [0.2, 0.25) is 0 Å². The highest BCUT2D eigenvalue weighted by molar-refractivity contribution is 5.94. The van der Waals surface area contributed by atoms with Crippen molar-refractivity contribution >= 4 is 17.5 Å². The molecule has 19 heavy (non-hydrogen) atoms. The lowest BCUT2D eigenvalue weighted by Crippen LogP contribution is -2.36. The first-order valence-electron chi connectivity index (χ1n) is 4.65. The highest BCUT2D eigenvalue weighted by Crippen LogP contribution is 2.28. The summed E-state index contributed by atoms with van der Waals surface area (Å²) < 4.78 is 69.7. The lowest BCUT2D eigenvalue weighted by atomic mass is 10.3. The SMILES string of the molecule is CCOC(=O)CC(C)=O.O=C(C(F)(F)F)C(F)(F)F. The maximum atomic E-state index is 10.9. The molecule has 0 saturated carbocycles. The molecular formula is C9H10F6O4. The van der Waals surface area contributed by atoms with Gasteiger partial charge in [-0.05, 0) is 13.8 Å². The second-order valence-corrected chi connectivity index (χ2v) is 3.01. The maximum Gasteiger partial charge on any atom is 0.459 e. The van der Waals surface area contributed by atoms with Crippen LogP contribution in [0.4, 0.5) is 26.3 Å². The van der Waals surface area contributed by atoms with Crippen molar-refractivity contribution in [1.29, 1.82) is 0 Å². The predicted molar refractivity (Wildman–Crippen MR) is 49.0 cm³/mol.